The van der Waals surface area contributed by atoms with Crippen LogP contribution < -0.4 is 5.73 Å². The highest BCUT2D eigenvalue weighted by molar-refractivity contribution is 7.53. The summed E-state index contributed by atoms with van der Waals surface area (Å²) in [5.74, 6) is -0.223. The SMILES string of the molecule is CCOC(=O)c1cc(CN)c(CP(=O)(OCC)OCC)o1. The van der Waals surface area contributed by atoms with Gasteiger partial charge < -0.3 is 23.9 Å². The zero-order valence-electron chi connectivity index (χ0n) is 12.6. The van der Waals surface area contributed by atoms with Crippen molar-refractivity contribution < 1.29 is 27.6 Å². The fraction of sp³-hybridized carbons (Fsp3) is 0.615. The van der Waals surface area contributed by atoms with Crippen molar-refractivity contribution in [3.8, 4) is 0 Å². The van der Waals surface area contributed by atoms with E-state index in [-0.39, 0.29) is 38.3 Å². The maximum Gasteiger partial charge on any atom is 0.374 e. The maximum absolute atomic E-state index is 12.5. The molecule has 0 aliphatic carbocycles. The molecule has 0 amide bonds. The van der Waals surface area contributed by atoms with E-state index in [4.69, 9.17) is 23.9 Å². The Kier molecular flexibility index (Phi) is 7.11. The second-order valence-electron chi connectivity index (χ2n) is 4.09. The average Bonchev–Trinajstić information content (AvgIpc) is 2.82. The molecular weight excluding hydrogens is 297 g/mol. The highest BCUT2D eigenvalue weighted by atomic mass is 31.2. The minimum atomic E-state index is -3.32. The van der Waals surface area contributed by atoms with Crippen molar-refractivity contribution in [2.75, 3.05) is 19.8 Å². The number of esters is 1. The Bertz CT molecular complexity index is 503. The van der Waals surface area contributed by atoms with E-state index >= 15 is 0 Å². The first kappa shape index (κ1) is 17.9. The number of hydrogen-bond donors (Lipinski definition) is 1. The van der Waals surface area contributed by atoms with Crippen molar-refractivity contribution in [2.24, 2.45) is 5.73 Å². The normalized spacial score (nSPS) is 11.6. The van der Waals surface area contributed by atoms with Crippen LogP contribution in [0.1, 0.15) is 42.6 Å². The lowest BCUT2D eigenvalue weighted by Gasteiger charge is -2.16. The molecule has 1 aromatic heterocycles. The summed E-state index contributed by atoms with van der Waals surface area (Å²) in [5, 5.41) is 0. The Morgan fingerprint density at radius 2 is 1.86 bits per heavy atom. The fourth-order valence-electron chi connectivity index (χ4n) is 1.77. The quantitative estimate of drug-likeness (QED) is 0.551. The molecule has 0 fully saturated rings. The van der Waals surface area contributed by atoms with Crippen molar-refractivity contribution in [1.82, 2.24) is 0 Å². The van der Waals surface area contributed by atoms with Crippen LogP contribution in [0.5, 0.6) is 0 Å². The molecule has 120 valence electrons. The molecular formula is C13H22NO6P. The molecule has 0 bridgehead atoms. The van der Waals surface area contributed by atoms with Gasteiger partial charge in [-0.3, -0.25) is 4.57 Å². The van der Waals surface area contributed by atoms with Crippen LogP contribution >= 0.6 is 7.60 Å². The van der Waals surface area contributed by atoms with E-state index in [0.717, 1.165) is 0 Å². The largest absolute Gasteiger partial charge is 0.460 e. The van der Waals surface area contributed by atoms with Gasteiger partial charge >= 0.3 is 13.6 Å². The molecule has 0 aliphatic rings. The Balaban J connectivity index is 3.00. The lowest BCUT2D eigenvalue weighted by Crippen LogP contribution is -2.02. The van der Waals surface area contributed by atoms with Crippen LogP contribution in [0, 0.1) is 0 Å². The molecule has 0 unspecified atom stereocenters. The Hall–Kier alpha value is -1.14. The summed E-state index contributed by atoms with van der Waals surface area (Å²) in [5.41, 5.74) is 6.20. The molecule has 0 saturated heterocycles. The second kappa shape index (κ2) is 8.34. The molecule has 1 aromatic rings. The van der Waals surface area contributed by atoms with Crippen molar-refractivity contribution in [3.63, 3.8) is 0 Å². The first-order chi connectivity index (χ1) is 9.99. The van der Waals surface area contributed by atoms with Crippen LogP contribution in [0.4, 0.5) is 0 Å². The van der Waals surface area contributed by atoms with Gasteiger partial charge in [-0.1, -0.05) is 0 Å². The molecule has 1 heterocycles. The van der Waals surface area contributed by atoms with Gasteiger partial charge in [-0.15, -0.1) is 0 Å². The molecule has 2 N–H and O–H groups in total. The molecule has 0 atom stereocenters. The van der Waals surface area contributed by atoms with Gasteiger partial charge in [0.15, 0.2) is 0 Å². The van der Waals surface area contributed by atoms with Crippen LogP contribution in [0.2, 0.25) is 0 Å². The molecule has 0 radical (unpaired) electrons. The third-order valence-corrected chi connectivity index (χ3v) is 4.56. The number of furan rings is 1. The molecule has 1 rings (SSSR count). The lowest BCUT2D eigenvalue weighted by molar-refractivity contribution is 0.0488. The van der Waals surface area contributed by atoms with Crippen molar-refractivity contribution in [3.05, 3.63) is 23.2 Å². The number of rotatable bonds is 9. The first-order valence-electron chi connectivity index (χ1n) is 6.86. The monoisotopic (exact) mass is 319 g/mol. The maximum atomic E-state index is 12.5. The van der Waals surface area contributed by atoms with E-state index in [1.165, 1.54) is 6.07 Å². The second-order valence-corrected chi connectivity index (χ2v) is 6.14. The van der Waals surface area contributed by atoms with Crippen LogP contribution in [0.3, 0.4) is 0 Å². The van der Waals surface area contributed by atoms with Gasteiger partial charge in [-0.25, -0.2) is 4.79 Å². The Labute approximate surface area is 124 Å². The minimum Gasteiger partial charge on any atom is -0.460 e. The molecule has 0 aliphatic heterocycles. The number of carbonyl (C=O) groups is 1. The van der Waals surface area contributed by atoms with Gasteiger partial charge in [0, 0.05) is 12.1 Å². The van der Waals surface area contributed by atoms with E-state index in [2.05, 4.69) is 0 Å². The highest BCUT2D eigenvalue weighted by Crippen LogP contribution is 2.51. The van der Waals surface area contributed by atoms with E-state index in [0.29, 0.717) is 11.3 Å². The number of hydrogen-bond acceptors (Lipinski definition) is 7. The van der Waals surface area contributed by atoms with Crippen molar-refractivity contribution in [2.45, 2.75) is 33.5 Å². The van der Waals surface area contributed by atoms with Gasteiger partial charge in [-0.05, 0) is 26.8 Å². The molecule has 0 spiro atoms. The van der Waals surface area contributed by atoms with Crippen LogP contribution in [0.25, 0.3) is 0 Å². The summed E-state index contributed by atoms with van der Waals surface area (Å²) >= 11 is 0. The molecule has 0 aromatic carbocycles. The number of ether oxygens (including phenoxy) is 1. The van der Waals surface area contributed by atoms with E-state index in [9.17, 15) is 9.36 Å². The van der Waals surface area contributed by atoms with E-state index < -0.39 is 13.6 Å². The third kappa shape index (κ3) is 4.97. The zero-order valence-corrected chi connectivity index (χ0v) is 13.5. The third-order valence-electron chi connectivity index (χ3n) is 2.58. The Morgan fingerprint density at radius 1 is 1.24 bits per heavy atom. The Morgan fingerprint density at radius 3 is 2.33 bits per heavy atom. The molecule has 0 saturated carbocycles. The summed E-state index contributed by atoms with van der Waals surface area (Å²) in [6.07, 6.45) is -0.0688. The smallest absolute Gasteiger partial charge is 0.374 e. The molecule has 8 heteroatoms. The van der Waals surface area contributed by atoms with Gasteiger partial charge in [-0.2, -0.15) is 0 Å². The summed E-state index contributed by atoms with van der Waals surface area (Å²) in [6.45, 7) is 6.04. The van der Waals surface area contributed by atoms with Gasteiger partial charge in [0.2, 0.25) is 5.76 Å². The highest BCUT2D eigenvalue weighted by Gasteiger charge is 2.29. The first-order valence-corrected chi connectivity index (χ1v) is 8.59. The number of carbonyl (C=O) groups excluding carboxylic acids is 1. The van der Waals surface area contributed by atoms with Crippen LogP contribution in [-0.4, -0.2) is 25.8 Å². The summed E-state index contributed by atoms with van der Waals surface area (Å²) in [4.78, 5) is 11.7. The van der Waals surface area contributed by atoms with Crippen LogP contribution in [0.15, 0.2) is 10.5 Å². The van der Waals surface area contributed by atoms with E-state index in [1.54, 1.807) is 20.8 Å². The van der Waals surface area contributed by atoms with Crippen LogP contribution in [-0.2, 0) is 31.1 Å². The zero-order chi connectivity index (χ0) is 15.9. The average molecular weight is 319 g/mol. The van der Waals surface area contributed by atoms with E-state index in [1.807, 2.05) is 0 Å². The lowest BCUT2D eigenvalue weighted by atomic mass is 10.2. The molecule has 21 heavy (non-hydrogen) atoms. The predicted molar refractivity (Wildman–Crippen MR) is 77.1 cm³/mol. The summed E-state index contributed by atoms with van der Waals surface area (Å²) < 4.78 is 33.2. The minimum absolute atomic E-state index is 0.0341. The van der Waals surface area contributed by atoms with Gasteiger partial charge in [0.25, 0.3) is 0 Å². The topological polar surface area (TPSA) is 101 Å². The predicted octanol–water partition coefficient (Wildman–Crippen LogP) is 2.68. The summed E-state index contributed by atoms with van der Waals surface area (Å²) in [7, 11) is -3.32. The number of nitrogens with two attached hydrogens (primary N) is 1. The van der Waals surface area contributed by atoms with Gasteiger partial charge in [0.1, 0.15) is 11.9 Å². The standard InChI is InChI=1S/C13H22NO6P/c1-4-17-13(15)11-7-10(8-14)12(20-11)9-21(16,18-5-2)19-6-3/h7H,4-6,8-9,14H2,1-3H3. The molecule has 7 nitrogen and oxygen atoms in total. The van der Waals surface area contributed by atoms with Gasteiger partial charge in [0.05, 0.1) is 19.8 Å². The van der Waals surface area contributed by atoms with Crippen molar-refractivity contribution >= 4 is 13.6 Å². The fourth-order valence-corrected chi connectivity index (χ4v) is 3.44. The van der Waals surface area contributed by atoms with Crippen molar-refractivity contribution in [1.29, 1.82) is 0 Å². The summed E-state index contributed by atoms with van der Waals surface area (Å²) in [6, 6.07) is 1.50.